The summed E-state index contributed by atoms with van der Waals surface area (Å²) < 4.78 is 4.79. The molecule has 0 aliphatic carbocycles. The summed E-state index contributed by atoms with van der Waals surface area (Å²) in [6.45, 7) is 0. The number of anilines is 1. The average molecular weight is 340 g/mol. The number of H-pyrrole nitrogens is 1. The van der Waals surface area contributed by atoms with E-state index in [0.29, 0.717) is 23.1 Å². The first kappa shape index (κ1) is 14.4. The number of benzene rings is 2. The maximum Gasteiger partial charge on any atom is 0.214 e. The topological polar surface area (TPSA) is 96.7 Å². The molecule has 8 heteroatoms. The highest BCUT2D eigenvalue weighted by atomic mass is 35.5. The molecule has 0 saturated heterocycles. The highest BCUT2D eigenvalue weighted by Gasteiger charge is 2.12. The van der Waals surface area contributed by atoms with Gasteiger partial charge in [0.15, 0.2) is 5.82 Å². The Hall–Kier alpha value is -3.19. The molecule has 0 spiro atoms. The average Bonchev–Trinajstić information content (AvgIpc) is 3.26. The molecule has 7 nitrogen and oxygen atoms in total. The van der Waals surface area contributed by atoms with E-state index in [-0.39, 0.29) is 0 Å². The van der Waals surface area contributed by atoms with Gasteiger partial charge in [0.25, 0.3) is 0 Å². The van der Waals surface area contributed by atoms with E-state index in [4.69, 9.17) is 16.1 Å². The summed E-state index contributed by atoms with van der Waals surface area (Å²) in [6, 6.07) is 11.2. The molecule has 0 radical (unpaired) electrons. The van der Waals surface area contributed by atoms with Gasteiger partial charge in [0.05, 0.1) is 5.52 Å². The fraction of sp³-hybridized carbons (Fsp3) is 0. The molecule has 2 aromatic carbocycles. The lowest BCUT2D eigenvalue weighted by Gasteiger charge is -2.07. The van der Waals surface area contributed by atoms with Crippen LogP contribution in [0.1, 0.15) is 0 Å². The van der Waals surface area contributed by atoms with Gasteiger partial charge in [0.2, 0.25) is 18.6 Å². The monoisotopic (exact) mass is 339 g/mol. The van der Waals surface area contributed by atoms with Crippen molar-refractivity contribution in [1.29, 1.82) is 0 Å². The van der Waals surface area contributed by atoms with Crippen LogP contribution in [0.25, 0.3) is 33.4 Å². The Morgan fingerprint density at radius 3 is 2.83 bits per heavy atom. The molecule has 2 heterocycles. The standard InChI is InChI=1S/C16H10ClN5O2/c17-13-3-1-10(15-19-8-24-22-15)6-11(13)9-2-4-14-12(5-9)16(18-7-23)21-20-14/h1-8H,(H2,18,20,21,23). The van der Waals surface area contributed by atoms with Crippen molar-refractivity contribution in [2.45, 2.75) is 0 Å². The molecular formula is C16H10ClN5O2. The molecule has 0 bridgehead atoms. The summed E-state index contributed by atoms with van der Waals surface area (Å²) in [4.78, 5) is 14.7. The van der Waals surface area contributed by atoms with Crippen molar-refractivity contribution in [3.05, 3.63) is 47.8 Å². The molecule has 4 rings (SSSR count). The van der Waals surface area contributed by atoms with Crippen molar-refractivity contribution in [2.24, 2.45) is 0 Å². The van der Waals surface area contributed by atoms with Gasteiger partial charge < -0.3 is 9.84 Å². The van der Waals surface area contributed by atoms with Crippen LogP contribution in [0, 0.1) is 0 Å². The van der Waals surface area contributed by atoms with Gasteiger partial charge in [-0.2, -0.15) is 10.1 Å². The number of carbonyl (C=O) groups excluding carboxylic acids is 1. The molecule has 1 amide bonds. The van der Waals surface area contributed by atoms with E-state index in [0.717, 1.165) is 27.6 Å². The van der Waals surface area contributed by atoms with Crippen molar-refractivity contribution < 1.29 is 9.32 Å². The third kappa shape index (κ3) is 2.40. The minimum atomic E-state index is 0.465. The van der Waals surface area contributed by atoms with Gasteiger partial charge in [-0.3, -0.25) is 9.89 Å². The van der Waals surface area contributed by atoms with E-state index in [1.165, 1.54) is 6.39 Å². The van der Waals surface area contributed by atoms with Gasteiger partial charge in [0, 0.05) is 21.5 Å². The van der Waals surface area contributed by atoms with E-state index in [1.54, 1.807) is 6.07 Å². The van der Waals surface area contributed by atoms with Gasteiger partial charge in [-0.05, 0) is 35.9 Å². The second-order valence-corrected chi connectivity index (χ2v) is 5.45. The van der Waals surface area contributed by atoms with Crippen molar-refractivity contribution in [2.75, 3.05) is 5.32 Å². The SMILES string of the molecule is O=CNc1n[nH]c2ccc(-c3cc(-c4ncon4)ccc3Cl)cc12. The summed E-state index contributed by atoms with van der Waals surface area (Å²) in [7, 11) is 0. The van der Waals surface area contributed by atoms with Crippen LogP contribution in [-0.2, 0) is 4.79 Å². The van der Waals surface area contributed by atoms with Crippen LogP contribution in [0.3, 0.4) is 0 Å². The predicted octanol–water partition coefficient (Wildman–Crippen LogP) is 3.50. The number of rotatable bonds is 4. The lowest BCUT2D eigenvalue weighted by molar-refractivity contribution is -0.105. The Morgan fingerprint density at radius 2 is 2.04 bits per heavy atom. The smallest absolute Gasteiger partial charge is 0.214 e. The van der Waals surface area contributed by atoms with Gasteiger partial charge in [-0.1, -0.05) is 22.8 Å². The Labute approximate surface area is 140 Å². The number of aromatic nitrogens is 4. The summed E-state index contributed by atoms with van der Waals surface area (Å²) in [5.74, 6) is 0.952. The maximum atomic E-state index is 10.7. The number of aromatic amines is 1. The van der Waals surface area contributed by atoms with E-state index in [9.17, 15) is 4.79 Å². The quantitative estimate of drug-likeness (QED) is 0.555. The first-order valence-corrected chi connectivity index (χ1v) is 7.39. The molecule has 0 aliphatic heterocycles. The van der Waals surface area contributed by atoms with Crippen molar-refractivity contribution in [1.82, 2.24) is 20.3 Å². The lowest BCUT2D eigenvalue weighted by atomic mass is 10.0. The number of hydrogen-bond donors (Lipinski definition) is 2. The zero-order valence-electron chi connectivity index (χ0n) is 12.2. The first-order valence-electron chi connectivity index (χ1n) is 7.01. The molecule has 24 heavy (non-hydrogen) atoms. The second kappa shape index (κ2) is 5.78. The van der Waals surface area contributed by atoms with Crippen molar-refractivity contribution in [3.63, 3.8) is 0 Å². The molecule has 0 aliphatic rings. The Morgan fingerprint density at radius 1 is 1.17 bits per heavy atom. The number of hydrogen-bond acceptors (Lipinski definition) is 5. The Balaban J connectivity index is 1.86. The zero-order chi connectivity index (χ0) is 16.5. The number of nitrogens with one attached hydrogen (secondary N) is 2. The van der Waals surface area contributed by atoms with Crippen LogP contribution in [0.4, 0.5) is 5.82 Å². The number of carbonyl (C=O) groups is 1. The number of amides is 1. The van der Waals surface area contributed by atoms with E-state index in [1.807, 2.05) is 30.3 Å². The second-order valence-electron chi connectivity index (χ2n) is 5.04. The molecule has 0 saturated carbocycles. The molecule has 0 fully saturated rings. The lowest BCUT2D eigenvalue weighted by Crippen LogP contribution is -1.94. The molecular weight excluding hydrogens is 330 g/mol. The number of fused-ring (bicyclic) bond motifs is 1. The fourth-order valence-corrected chi connectivity index (χ4v) is 2.76. The van der Waals surface area contributed by atoms with Crippen LogP contribution in [-0.4, -0.2) is 26.7 Å². The van der Waals surface area contributed by atoms with Crippen LogP contribution in [0.2, 0.25) is 5.02 Å². The molecule has 0 unspecified atom stereocenters. The fourth-order valence-electron chi connectivity index (χ4n) is 2.53. The molecule has 118 valence electrons. The third-order valence-electron chi connectivity index (χ3n) is 3.66. The van der Waals surface area contributed by atoms with Crippen LogP contribution in [0.15, 0.2) is 47.3 Å². The minimum absolute atomic E-state index is 0.465. The summed E-state index contributed by atoms with van der Waals surface area (Å²) in [5, 5.41) is 14.7. The third-order valence-corrected chi connectivity index (χ3v) is 3.98. The van der Waals surface area contributed by atoms with Crippen LogP contribution in [0.5, 0.6) is 0 Å². The highest BCUT2D eigenvalue weighted by molar-refractivity contribution is 6.33. The molecule has 2 aromatic heterocycles. The Kier molecular flexibility index (Phi) is 3.47. The maximum absolute atomic E-state index is 10.7. The molecule has 0 atom stereocenters. The largest absolute Gasteiger partial charge is 0.342 e. The normalized spacial score (nSPS) is 10.9. The molecule has 4 aromatic rings. The number of halogens is 1. The Bertz CT molecular complexity index is 1030. The van der Waals surface area contributed by atoms with Crippen LogP contribution >= 0.6 is 11.6 Å². The first-order chi connectivity index (χ1) is 11.8. The van der Waals surface area contributed by atoms with E-state index >= 15 is 0 Å². The molecule has 2 N–H and O–H groups in total. The van der Waals surface area contributed by atoms with Crippen LogP contribution < -0.4 is 5.32 Å². The predicted molar refractivity (Wildman–Crippen MR) is 89.5 cm³/mol. The van der Waals surface area contributed by atoms with E-state index < -0.39 is 0 Å². The highest BCUT2D eigenvalue weighted by Crippen LogP contribution is 2.34. The minimum Gasteiger partial charge on any atom is -0.342 e. The summed E-state index contributed by atoms with van der Waals surface area (Å²) >= 11 is 6.36. The van der Waals surface area contributed by atoms with Gasteiger partial charge in [-0.25, -0.2) is 0 Å². The van der Waals surface area contributed by atoms with Gasteiger partial charge >= 0.3 is 0 Å². The van der Waals surface area contributed by atoms with Crippen molar-refractivity contribution >= 4 is 34.7 Å². The number of nitrogens with zero attached hydrogens (tertiary/aromatic N) is 3. The van der Waals surface area contributed by atoms with E-state index in [2.05, 4.69) is 25.7 Å². The summed E-state index contributed by atoms with van der Waals surface area (Å²) in [5.41, 5.74) is 3.31. The summed E-state index contributed by atoms with van der Waals surface area (Å²) in [6.07, 6.45) is 1.87. The van der Waals surface area contributed by atoms with Gasteiger partial charge in [-0.15, -0.1) is 0 Å². The van der Waals surface area contributed by atoms with Crippen molar-refractivity contribution in [3.8, 4) is 22.5 Å². The zero-order valence-corrected chi connectivity index (χ0v) is 12.9. The van der Waals surface area contributed by atoms with Gasteiger partial charge in [0.1, 0.15) is 0 Å².